The topological polar surface area (TPSA) is 104 Å². The number of aromatic hydroxyl groups is 2. The lowest BCUT2D eigenvalue weighted by Gasteiger charge is -2.36. The highest BCUT2D eigenvalue weighted by molar-refractivity contribution is 9.11. The van der Waals surface area contributed by atoms with E-state index in [1.165, 1.54) is 6.07 Å². The van der Waals surface area contributed by atoms with Gasteiger partial charge in [0.2, 0.25) is 0 Å². The van der Waals surface area contributed by atoms with Gasteiger partial charge in [-0.05, 0) is 100 Å². The van der Waals surface area contributed by atoms with E-state index in [2.05, 4.69) is 31.9 Å². The predicted molar refractivity (Wildman–Crippen MR) is 129 cm³/mol. The summed E-state index contributed by atoms with van der Waals surface area (Å²) in [4.78, 5) is 25.3. The van der Waals surface area contributed by atoms with Crippen LogP contribution in [-0.2, 0) is 10.3 Å². The molecule has 0 fully saturated rings. The third kappa shape index (κ3) is 3.19. The molecule has 170 valence electrons. The molecule has 6 nitrogen and oxygen atoms in total. The summed E-state index contributed by atoms with van der Waals surface area (Å²) in [6.45, 7) is 7.17. The van der Waals surface area contributed by atoms with Crippen molar-refractivity contribution in [3.8, 4) is 11.5 Å². The Bertz CT molecular complexity index is 1310. The minimum absolute atomic E-state index is 0.0176. The largest absolute Gasteiger partial charge is 0.507 e. The Morgan fingerprint density at radius 1 is 0.909 bits per heavy atom. The summed E-state index contributed by atoms with van der Waals surface area (Å²) in [6.07, 6.45) is 0. The van der Waals surface area contributed by atoms with Gasteiger partial charge >= 0.3 is 11.9 Å². The number of cyclic esters (lactones) is 1. The number of aromatic carboxylic acids is 1. The minimum atomic E-state index is -1.51. The van der Waals surface area contributed by atoms with Gasteiger partial charge in [0.1, 0.15) is 11.5 Å². The number of halogens is 2. The van der Waals surface area contributed by atoms with Crippen LogP contribution in [-0.4, -0.2) is 27.3 Å². The Morgan fingerprint density at radius 2 is 1.39 bits per heavy atom. The Balaban J connectivity index is 2.28. The van der Waals surface area contributed by atoms with Crippen molar-refractivity contribution in [3.05, 3.63) is 89.3 Å². The Kier molecular flexibility index (Phi) is 5.57. The zero-order valence-corrected chi connectivity index (χ0v) is 21.4. The highest BCUT2D eigenvalue weighted by Gasteiger charge is 2.53. The highest BCUT2D eigenvalue weighted by Crippen LogP contribution is 2.54. The van der Waals surface area contributed by atoms with E-state index in [-0.39, 0.29) is 22.6 Å². The van der Waals surface area contributed by atoms with Crippen molar-refractivity contribution >= 4 is 43.8 Å². The highest BCUT2D eigenvalue weighted by atomic mass is 79.9. The van der Waals surface area contributed by atoms with Crippen molar-refractivity contribution in [1.82, 2.24) is 0 Å². The second kappa shape index (κ2) is 7.88. The van der Waals surface area contributed by atoms with Crippen LogP contribution >= 0.6 is 31.9 Å². The monoisotopic (exact) mass is 574 g/mol. The molecule has 0 saturated heterocycles. The van der Waals surface area contributed by atoms with Gasteiger partial charge in [-0.1, -0.05) is 12.1 Å². The number of carboxylic acids is 1. The quantitative estimate of drug-likeness (QED) is 0.330. The first-order valence-corrected chi connectivity index (χ1v) is 11.6. The molecule has 0 spiro atoms. The summed E-state index contributed by atoms with van der Waals surface area (Å²) in [7, 11) is 0. The molecule has 3 aromatic rings. The first-order chi connectivity index (χ1) is 15.4. The summed E-state index contributed by atoms with van der Waals surface area (Å²) in [5, 5.41) is 30.5. The average Bonchev–Trinajstić information content (AvgIpc) is 3.03. The number of hydrogen-bond donors (Lipinski definition) is 3. The summed E-state index contributed by atoms with van der Waals surface area (Å²) in [5.41, 5.74) is 2.49. The maximum Gasteiger partial charge on any atom is 0.341 e. The number of phenols is 2. The fourth-order valence-electron chi connectivity index (χ4n) is 4.95. The molecule has 0 unspecified atom stereocenters. The predicted octanol–water partition coefficient (Wildman–Crippen LogP) is 6.02. The molecular weight excluding hydrogens is 556 g/mol. The Morgan fingerprint density at radius 3 is 1.85 bits per heavy atom. The summed E-state index contributed by atoms with van der Waals surface area (Å²) in [6, 6.07) is 7.78. The number of carbonyl (C=O) groups is 2. The van der Waals surface area contributed by atoms with Crippen molar-refractivity contribution in [2.45, 2.75) is 33.3 Å². The standard InChI is InChI=1S/C25H20Br2O6/c1-10-8-16(28)21(26)12(3)19(10)25(20-11(2)9-17(29)22(27)13(20)4)15-7-5-6-14(23(30)31)18(15)24(32)33-25/h5-9,28-29H,1-4H3,(H,30,31). The molecule has 1 aliphatic heterocycles. The van der Waals surface area contributed by atoms with Crippen LogP contribution in [0.4, 0.5) is 0 Å². The number of rotatable bonds is 3. The fraction of sp³-hybridized carbons (Fsp3) is 0.200. The molecule has 1 aliphatic rings. The van der Waals surface area contributed by atoms with Crippen LogP contribution in [0.5, 0.6) is 11.5 Å². The van der Waals surface area contributed by atoms with E-state index in [4.69, 9.17) is 4.74 Å². The molecule has 1 heterocycles. The van der Waals surface area contributed by atoms with Crippen LogP contribution in [0.25, 0.3) is 0 Å². The first-order valence-electron chi connectivity index (χ1n) is 10.0. The number of hydrogen-bond acceptors (Lipinski definition) is 5. The van der Waals surface area contributed by atoms with Gasteiger partial charge in [0.15, 0.2) is 5.60 Å². The normalized spacial score (nSPS) is 14.2. The molecule has 8 heteroatoms. The number of carbonyl (C=O) groups excluding carboxylic acids is 1. The molecular formula is C25H20Br2O6. The van der Waals surface area contributed by atoms with Gasteiger partial charge in [-0.15, -0.1) is 0 Å². The molecule has 3 aromatic carbocycles. The summed E-state index contributed by atoms with van der Waals surface area (Å²) in [5.74, 6) is -1.92. The summed E-state index contributed by atoms with van der Waals surface area (Å²) >= 11 is 6.86. The third-order valence-electron chi connectivity index (χ3n) is 6.18. The molecule has 0 aliphatic carbocycles. The second-order valence-electron chi connectivity index (χ2n) is 8.16. The van der Waals surface area contributed by atoms with Gasteiger partial charge in [0, 0.05) is 16.7 Å². The minimum Gasteiger partial charge on any atom is -0.507 e. The zero-order chi connectivity index (χ0) is 24.4. The number of esters is 1. The number of ether oxygens (including phenoxy) is 1. The second-order valence-corrected chi connectivity index (χ2v) is 9.74. The molecule has 0 atom stereocenters. The Hall–Kier alpha value is -2.84. The lowest BCUT2D eigenvalue weighted by molar-refractivity contribution is 0.0242. The van der Waals surface area contributed by atoms with Crippen LogP contribution in [0.3, 0.4) is 0 Å². The van der Waals surface area contributed by atoms with Crippen LogP contribution in [0, 0.1) is 27.7 Å². The van der Waals surface area contributed by atoms with Gasteiger partial charge in [-0.2, -0.15) is 0 Å². The summed E-state index contributed by atoms with van der Waals surface area (Å²) < 4.78 is 7.07. The molecule has 33 heavy (non-hydrogen) atoms. The molecule has 0 saturated carbocycles. The number of carboxylic acid groups (broad SMARTS) is 1. The molecule has 4 rings (SSSR count). The lowest BCUT2D eigenvalue weighted by atomic mass is 9.73. The van der Waals surface area contributed by atoms with Crippen molar-refractivity contribution in [2.75, 3.05) is 0 Å². The van der Waals surface area contributed by atoms with Crippen molar-refractivity contribution in [2.24, 2.45) is 0 Å². The number of phenolic OH excluding ortho intramolecular Hbond substituents is 2. The van der Waals surface area contributed by atoms with E-state index in [1.54, 1.807) is 52.0 Å². The van der Waals surface area contributed by atoms with E-state index in [9.17, 15) is 24.9 Å². The number of aryl methyl sites for hydroxylation is 2. The van der Waals surface area contributed by atoms with Crippen molar-refractivity contribution in [1.29, 1.82) is 0 Å². The van der Waals surface area contributed by atoms with E-state index >= 15 is 0 Å². The van der Waals surface area contributed by atoms with E-state index in [1.807, 2.05) is 0 Å². The van der Waals surface area contributed by atoms with Crippen LogP contribution in [0.15, 0.2) is 39.3 Å². The van der Waals surface area contributed by atoms with Gasteiger partial charge in [0.05, 0.1) is 20.1 Å². The van der Waals surface area contributed by atoms with Gasteiger partial charge in [-0.25, -0.2) is 9.59 Å². The van der Waals surface area contributed by atoms with Crippen molar-refractivity contribution < 1.29 is 29.6 Å². The van der Waals surface area contributed by atoms with E-state index < -0.39 is 17.5 Å². The molecule has 0 bridgehead atoms. The molecule has 0 radical (unpaired) electrons. The van der Waals surface area contributed by atoms with Gasteiger partial charge in [-0.3, -0.25) is 0 Å². The molecule has 0 aromatic heterocycles. The van der Waals surface area contributed by atoms with Crippen molar-refractivity contribution in [3.63, 3.8) is 0 Å². The SMILES string of the molecule is Cc1cc(O)c(Br)c(C)c1C1(c2c(C)cc(O)c(Br)c2C)OC(=O)c2c(C(=O)O)cccc21. The fourth-order valence-corrected chi connectivity index (χ4v) is 5.57. The average molecular weight is 576 g/mol. The van der Waals surface area contributed by atoms with Crippen LogP contribution < -0.4 is 0 Å². The lowest BCUT2D eigenvalue weighted by Crippen LogP contribution is -2.33. The number of benzene rings is 3. The van der Waals surface area contributed by atoms with Gasteiger partial charge < -0.3 is 20.1 Å². The molecule has 0 amide bonds. The molecule has 3 N–H and O–H groups in total. The van der Waals surface area contributed by atoms with E-state index in [0.717, 1.165) is 0 Å². The third-order valence-corrected chi connectivity index (χ3v) is 8.18. The van der Waals surface area contributed by atoms with E-state index in [0.29, 0.717) is 47.9 Å². The number of fused-ring (bicyclic) bond motifs is 1. The van der Waals surface area contributed by atoms with Gasteiger partial charge in [0.25, 0.3) is 0 Å². The zero-order valence-electron chi connectivity index (χ0n) is 18.2. The maximum absolute atomic E-state index is 13.3. The van der Waals surface area contributed by atoms with Crippen LogP contribution in [0.2, 0.25) is 0 Å². The van der Waals surface area contributed by atoms with Crippen LogP contribution in [0.1, 0.15) is 59.7 Å². The Labute approximate surface area is 207 Å². The maximum atomic E-state index is 13.3. The first kappa shape index (κ1) is 23.3. The smallest absolute Gasteiger partial charge is 0.341 e.